The third-order valence-electron chi connectivity index (χ3n) is 5.38. The van der Waals surface area contributed by atoms with Gasteiger partial charge in [-0.1, -0.05) is 72.8 Å². The van der Waals surface area contributed by atoms with E-state index >= 15 is 0 Å². The monoisotopic (exact) mass is 413 g/mol. The number of esters is 1. The molecule has 1 heterocycles. The van der Waals surface area contributed by atoms with Crippen LogP contribution in [0.4, 0.5) is 0 Å². The zero-order valence-electron chi connectivity index (χ0n) is 17.5. The second-order valence-corrected chi connectivity index (χ2v) is 7.52. The van der Waals surface area contributed by atoms with Crippen LogP contribution < -0.4 is 10.1 Å². The standard InChI is InChI=1S/C26H25N2O3/c1-27-19-28(25(29)22-15-8-9-16-23(22)27)17-10-18-31-26(30)24(20-11-4-2-5-12-20)21-13-6-3-7-14-21/h2-9,11-16,19,24H,10,17-18H2,1H3/q+1. The minimum atomic E-state index is -0.469. The average Bonchev–Trinajstić information content (AvgIpc) is 2.81. The third kappa shape index (κ3) is 4.56. The Hall–Kier alpha value is -3.73. The number of hydrogen-bond donors (Lipinski definition) is 0. The van der Waals surface area contributed by atoms with Gasteiger partial charge in [-0.3, -0.25) is 4.79 Å². The molecular weight excluding hydrogens is 388 g/mol. The number of ether oxygens (including phenoxy) is 1. The summed E-state index contributed by atoms with van der Waals surface area (Å²) in [6.07, 6.45) is 2.35. The zero-order chi connectivity index (χ0) is 21.6. The first-order chi connectivity index (χ1) is 15.1. The number of fused-ring (bicyclic) bond motifs is 1. The molecule has 0 atom stereocenters. The fraction of sp³-hybridized carbons (Fsp3) is 0.192. The topological polar surface area (TPSA) is 52.2 Å². The fourth-order valence-electron chi connectivity index (χ4n) is 3.85. The summed E-state index contributed by atoms with van der Waals surface area (Å²) in [5.74, 6) is -0.752. The van der Waals surface area contributed by atoms with Crippen molar-refractivity contribution in [2.75, 3.05) is 6.61 Å². The van der Waals surface area contributed by atoms with E-state index in [1.165, 1.54) is 0 Å². The first-order valence-corrected chi connectivity index (χ1v) is 10.4. The van der Waals surface area contributed by atoms with Crippen molar-refractivity contribution in [2.45, 2.75) is 18.9 Å². The number of aromatic nitrogens is 2. The minimum absolute atomic E-state index is 0.0357. The smallest absolute Gasteiger partial charge is 0.345 e. The maximum Gasteiger partial charge on any atom is 0.345 e. The number of carbonyl (C=O) groups excluding carboxylic acids is 1. The molecule has 0 bridgehead atoms. The summed E-state index contributed by atoms with van der Waals surface area (Å²) < 4.78 is 9.23. The van der Waals surface area contributed by atoms with Crippen molar-refractivity contribution in [2.24, 2.45) is 7.05 Å². The minimum Gasteiger partial charge on any atom is -0.465 e. The summed E-state index contributed by atoms with van der Waals surface area (Å²) in [6.45, 7) is 0.726. The van der Waals surface area contributed by atoms with Crippen LogP contribution in [0.1, 0.15) is 23.5 Å². The molecule has 3 aromatic carbocycles. The molecular formula is C26H25N2O3+. The first-order valence-electron chi connectivity index (χ1n) is 10.4. The van der Waals surface area contributed by atoms with Crippen LogP contribution in [0.15, 0.2) is 96.1 Å². The number of benzene rings is 3. The van der Waals surface area contributed by atoms with Crippen LogP contribution in [0.3, 0.4) is 0 Å². The molecule has 0 aliphatic heterocycles. The number of aryl methyl sites for hydroxylation is 2. The first kappa shape index (κ1) is 20.5. The maximum atomic E-state index is 13.0. The van der Waals surface area contributed by atoms with Gasteiger partial charge in [-0.15, -0.1) is 0 Å². The predicted octanol–water partition coefficient (Wildman–Crippen LogP) is 3.59. The van der Waals surface area contributed by atoms with Crippen LogP contribution >= 0.6 is 0 Å². The van der Waals surface area contributed by atoms with Crippen molar-refractivity contribution in [1.29, 1.82) is 0 Å². The highest BCUT2D eigenvalue weighted by Crippen LogP contribution is 2.26. The molecule has 0 unspecified atom stereocenters. The van der Waals surface area contributed by atoms with Gasteiger partial charge >= 0.3 is 11.5 Å². The van der Waals surface area contributed by atoms with Gasteiger partial charge in [0.2, 0.25) is 6.33 Å². The lowest BCUT2D eigenvalue weighted by atomic mass is 9.91. The van der Waals surface area contributed by atoms with E-state index in [2.05, 4.69) is 0 Å². The molecule has 0 N–H and O–H groups in total. The Bertz CT molecular complexity index is 1190. The highest BCUT2D eigenvalue weighted by atomic mass is 16.5. The Morgan fingerprint density at radius 3 is 2.13 bits per heavy atom. The number of carbonyl (C=O) groups is 1. The quantitative estimate of drug-likeness (QED) is 0.264. The van der Waals surface area contributed by atoms with E-state index in [9.17, 15) is 9.59 Å². The van der Waals surface area contributed by atoms with E-state index in [1.54, 1.807) is 10.9 Å². The van der Waals surface area contributed by atoms with Crippen molar-refractivity contribution < 1.29 is 14.1 Å². The van der Waals surface area contributed by atoms with Crippen LogP contribution in [-0.2, 0) is 23.1 Å². The molecule has 0 aliphatic rings. The second-order valence-electron chi connectivity index (χ2n) is 7.52. The molecule has 5 nitrogen and oxygen atoms in total. The van der Waals surface area contributed by atoms with Gasteiger partial charge in [0.15, 0.2) is 0 Å². The lowest BCUT2D eigenvalue weighted by Crippen LogP contribution is -2.37. The second kappa shape index (κ2) is 9.39. The number of hydrogen-bond acceptors (Lipinski definition) is 3. The van der Waals surface area contributed by atoms with E-state index in [1.807, 2.05) is 96.5 Å². The summed E-state index contributed by atoms with van der Waals surface area (Å²) in [4.78, 5) is 25.7. The molecule has 0 aliphatic carbocycles. The Labute approximate surface area is 181 Å². The van der Waals surface area contributed by atoms with Crippen molar-refractivity contribution >= 4 is 16.9 Å². The summed E-state index contributed by atoms with van der Waals surface area (Å²) in [6, 6.07) is 26.8. The van der Waals surface area contributed by atoms with E-state index in [4.69, 9.17) is 4.74 Å². The molecule has 4 rings (SSSR count). The summed E-state index contributed by atoms with van der Waals surface area (Å²) in [7, 11) is 1.92. The maximum absolute atomic E-state index is 13.0. The summed E-state index contributed by atoms with van der Waals surface area (Å²) in [5, 5.41) is 0.678. The van der Waals surface area contributed by atoms with E-state index in [-0.39, 0.29) is 18.1 Å². The number of rotatable bonds is 7. The van der Waals surface area contributed by atoms with Crippen molar-refractivity contribution in [1.82, 2.24) is 4.57 Å². The Balaban J connectivity index is 1.44. The van der Waals surface area contributed by atoms with Crippen LogP contribution in [0.2, 0.25) is 0 Å². The average molecular weight is 413 g/mol. The van der Waals surface area contributed by atoms with Gasteiger partial charge in [-0.2, -0.15) is 4.57 Å². The van der Waals surface area contributed by atoms with Crippen LogP contribution in [0, 0.1) is 0 Å². The third-order valence-corrected chi connectivity index (χ3v) is 5.38. The normalized spacial score (nSPS) is 11.0. The van der Waals surface area contributed by atoms with Crippen molar-refractivity contribution in [3.05, 3.63) is 113 Å². The fourth-order valence-corrected chi connectivity index (χ4v) is 3.85. The molecule has 156 valence electrons. The van der Waals surface area contributed by atoms with Gasteiger partial charge in [-0.25, -0.2) is 9.36 Å². The molecule has 0 amide bonds. The van der Waals surface area contributed by atoms with Gasteiger partial charge in [0, 0.05) is 6.42 Å². The zero-order valence-corrected chi connectivity index (χ0v) is 17.5. The summed E-state index contributed by atoms with van der Waals surface area (Å²) >= 11 is 0. The van der Waals surface area contributed by atoms with Crippen LogP contribution in [0.5, 0.6) is 0 Å². The van der Waals surface area contributed by atoms with Gasteiger partial charge in [0.25, 0.3) is 0 Å². The Morgan fingerprint density at radius 2 is 1.48 bits per heavy atom. The van der Waals surface area contributed by atoms with Crippen molar-refractivity contribution in [3.63, 3.8) is 0 Å². The molecule has 5 heteroatoms. The molecule has 1 aromatic heterocycles. The predicted molar refractivity (Wildman–Crippen MR) is 120 cm³/mol. The van der Waals surface area contributed by atoms with Gasteiger partial charge in [0.05, 0.1) is 20.2 Å². The lowest BCUT2D eigenvalue weighted by molar-refractivity contribution is -0.649. The number of para-hydroxylation sites is 1. The molecule has 0 fully saturated rings. The van der Waals surface area contributed by atoms with E-state index in [0.29, 0.717) is 18.4 Å². The van der Waals surface area contributed by atoms with E-state index < -0.39 is 5.92 Å². The molecule has 0 radical (unpaired) electrons. The summed E-state index contributed by atoms with van der Waals surface area (Å²) in [5.41, 5.74) is 2.66. The van der Waals surface area contributed by atoms with E-state index in [0.717, 1.165) is 16.6 Å². The molecule has 31 heavy (non-hydrogen) atoms. The molecule has 0 saturated carbocycles. The molecule has 0 saturated heterocycles. The highest BCUT2D eigenvalue weighted by molar-refractivity contribution is 5.82. The number of nitrogens with zero attached hydrogens (tertiary/aromatic N) is 2. The Kier molecular flexibility index (Phi) is 6.22. The lowest BCUT2D eigenvalue weighted by Gasteiger charge is -2.17. The molecule has 0 spiro atoms. The molecule has 4 aromatic rings. The van der Waals surface area contributed by atoms with Gasteiger partial charge < -0.3 is 4.74 Å². The Morgan fingerprint density at radius 1 is 0.903 bits per heavy atom. The largest absolute Gasteiger partial charge is 0.465 e. The van der Waals surface area contributed by atoms with Crippen molar-refractivity contribution in [3.8, 4) is 0 Å². The SMILES string of the molecule is C[n+]1cn(CCCOC(=O)C(c2ccccc2)c2ccccc2)c(=O)c2ccccc21. The highest BCUT2D eigenvalue weighted by Gasteiger charge is 2.24. The van der Waals surface area contributed by atoms with Gasteiger partial charge in [0.1, 0.15) is 16.8 Å². The van der Waals surface area contributed by atoms with Gasteiger partial charge in [-0.05, 0) is 23.3 Å². The van der Waals surface area contributed by atoms with Crippen LogP contribution in [-0.4, -0.2) is 17.1 Å². The van der Waals surface area contributed by atoms with Crippen LogP contribution in [0.25, 0.3) is 10.9 Å².